The third-order valence-corrected chi connectivity index (χ3v) is 4.40. The van der Waals surface area contributed by atoms with Gasteiger partial charge in [0.25, 0.3) is 5.91 Å². The predicted octanol–water partition coefficient (Wildman–Crippen LogP) is 2.48. The van der Waals surface area contributed by atoms with E-state index < -0.39 is 29.2 Å². The van der Waals surface area contributed by atoms with Crippen molar-refractivity contribution in [1.29, 1.82) is 0 Å². The second kappa shape index (κ2) is 8.70. The molecule has 0 radical (unpaired) electrons. The number of halogens is 4. The van der Waals surface area contributed by atoms with Crippen LogP contribution in [0.2, 0.25) is 0 Å². The molecule has 3 rings (SSSR count). The van der Waals surface area contributed by atoms with Gasteiger partial charge in [0.1, 0.15) is 11.5 Å². The summed E-state index contributed by atoms with van der Waals surface area (Å²) in [5.41, 5.74) is -2.31. The molecule has 1 aliphatic rings. The molecule has 0 bridgehead atoms. The number of carbonyl (C=O) groups is 1. The molecule has 0 atom stereocenters. The van der Waals surface area contributed by atoms with Crippen LogP contribution in [-0.2, 0) is 10.9 Å². The van der Waals surface area contributed by atoms with Crippen molar-refractivity contribution in [3.8, 4) is 5.69 Å². The van der Waals surface area contributed by atoms with Gasteiger partial charge in [0.15, 0.2) is 5.69 Å². The summed E-state index contributed by atoms with van der Waals surface area (Å²) in [6, 6.07) is 4.95. The molecule has 10 heteroatoms. The summed E-state index contributed by atoms with van der Waals surface area (Å²) in [5, 5.41) is 6.10. The Morgan fingerprint density at radius 3 is 2.61 bits per heavy atom. The van der Waals surface area contributed by atoms with Gasteiger partial charge in [-0.3, -0.25) is 9.69 Å². The average molecular weight is 400 g/mol. The Labute approximate surface area is 159 Å². The zero-order valence-corrected chi connectivity index (χ0v) is 15.0. The van der Waals surface area contributed by atoms with Gasteiger partial charge >= 0.3 is 6.18 Å². The molecule has 1 saturated heterocycles. The molecule has 28 heavy (non-hydrogen) atoms. The van der Waals surface area contributed by atoms with Gasteiger partial charge in [-0.05, 0) is 25.1 Å². The molecule has 0 saturated carbocycles. The Morgan fingerprint density at radius 1 is 1.21 bits per heavy atom. The first-order valence-corrected chi connectivity index (χ1v) is 8.86. The number of benzene rings is 1. The normalized spacial score (nSPS) is 15.6. The average Bonchev–Trinajstić information content (AvgIpc) is 3.12. The molecular weight excluding hydrogens is 380 g/mol. The molecule has 1 aromatic heterocycles. The molecule has 1 N–H and O–H groups in total. The van der Waals surface area contributed by atoms with E-state index in [9.17, 15) is 22.4 Å². The summed E-state index contributed by atoms with van der Waals surface area (Å²) in [4.78, 5) is 14.5. The van der Waals surface area contributed by atoms with Crippen molar-refractivity contribution in [2.24, 2.45) is 0 Å². The van der Waals surface area contributed by atoms with Crippen molar-refractivity contribution >= 4 is 5.91 Å². The lowest BCUT2D eigenvalue weighted by molar-refractivity contribution is -0.143. The third-order valence-electron chi connectivity index (χ3n) is 4.40. The van der Waals surface area contributed by atoms with Crippen molar-refractivity contribution < 1.29 is 27.1 Å². The number of alkyl halides is 3. The minimum atomic E-state index is -4.88. The minimum absolute atomic E-state index is 0.221. The SMILES string of the molecule is O=C(NCCCN1CCOCC1)c1cnn(-c2ccccc2F)c1C(F)(F)F. The van der Waals surface area contributed by atoms with Gasteiger partial charge in [0.2, 0.25) is 0 Å². The highest BCUT2D eigenvalue weighted by Crippen LogP contribution is 2.34. The van der Waals surface area contributed by atoms with E-state index in [2.05, 4.69) is 15.3 Å². The van der Waals surface area contributed by atoms with E-state index in [-0.39, 0.29) is 12.2 Å². The second-order valence-corrected chi connectivity index (χ2v) is 6.33. The molecule has 152 valence electrons. The number of hydrogen-bond donors (Lipinski definition) is 1. The number of morpholine rings is 1. The molecule has 1 fully saturated rings. The summed E-state index contributed by atoms with van der Waals surface area (Å²) in [5.74, 6) is -1.76. The van der Waals surface area contributed by atoms with Crippen molar-refractivity contribution in [2.45, 2.75) is 12.6 Å². The lowest BCUT2D eigenvalue weighted by Crippen LogP contribution is -2.38. The number of aromatic nitrogens is 2. The van der Waals surface area contributed by atoms with E-state index >= 15 is 0 Å². The van der Waals surface area contributed by atoms with Crippen LogP contribution in [0.1, 0.15) is 22.5 Å². The highest BCUT2D eigenvalue weighted by Gasteiger charge is 2.40. The smallest absolute Gasteiger partial charge is 0.379 e. The molecule has 0 unspecified atom stereocenters. The predicted molar refractivity (Wildman–Crippen MR) is 92.7 cm³/mol. The van der Waals surface area contributed by atoms with Gasteiger partial charge in [-0.1, -0.05) is 12.1 Å². The lowest BCUT2D eigenvalue weighted by atomic mass is 10.2. The lowest BCUT2D eigenvalue weighted by Gasteiger charge is -2.26. The van der Waals surface area contributed by atoms with E-state index in [1.807, 2.05) is 0 Å². The van der Waals surface area contributed by atoms with Crippen LogP contribution >= 0.6 is 0 Å². The summed E-state index contributed by atoms with van der Waals surface area (Å²) in [7, 11) is 0. The fourth-order valence-electron chi connectivity index (χ4n) is 3.02. The fourth-order valence-corrected chi connectivity index (χ4v) is 3.02. The van der Waals surface area contributed by atoms with Gasteiger partial charge in [-0.2, -0.15) is 18.3 Å². The monoisotopic (exact) mass is 400 g/mol. The van der Waals surface area contributed by atoms with E-state index in [1.54, 1.807) is 0 Å². The highest BCUT2D eigenvalue weighted by atomic mass is 19.4. The van der Waals surface area contributed by atoms with E-state index in [1.165, 1.54) is 18.2 Å². The zero-order chi connectivity index (χ0) is 20.1. The van der Waals surface area contributed by atoms with Crippen molar-refractivity contribution in [2.75, 3.05) is 39.4 Å². The Hall–Kier alpha value is -2.46. The van der Waals surface area contributed by atoms with E-state index in [0.29, 0.717) is 30.9 Å². The summed E-state index contributed by atoms with van der Waals surface area (Å²) in [6.07, 6.45) is -3.47. The minimum Gasteiger partial charge on any atom is -0.379 e. The first kappa shape index (κ1) is 20.3. The Bertz CT molecular complexity index is 816. The topological polar surface area (TPSA) is 59.4 Å². The van der Waals surface area contributed by atoms with Crippen LogP contribution < -0.4 is 5.32 Å². The first-order chi connectivity index (χ1) is 13.4. The molecule has 1 amide bonds. The molecule has 1 aliphatic heterocycles. The van der Waals surface area contributed by atoms with Crippen LogP contribution in [-0.4, -0.2) is 60.0 Å². The summed E-state index contributed by atoms with van der Waals surface area (Å²) in [6.45, 7) is 3.82. The second-order valence-electron chi connectivity index (χ2n) is 6.33. The van der Waals surface area contributed by atoms with Gasteiger partial charge in [-0.25, -0.2) is 9.07 Å². The van der Waals surface area contributed by atoms with Crippen molar-refractivity contribution in [3.05, 3.63) is 47.5 Å². The Kier molecular flexibility index (Phi) is 6.30. The van der Waals surface area contributed by atoms with Crippen LogP contribution in [0.25, 0.3) is 5.69 Å². The van der Waals surface area contributed by atoms with Crippen LogP contribution in [0.15, 0.2) is 30.5 Å². The molecule has 0 spiro atoms. The summed E-state index contributed by atoms with van der Waals surface area (Å²) >= 11 is 0. The number of hydrogen-bond acceptors (Lipinski definition) is 4. The maximum absolute atomic E-state index is 13.9. The standard InChI is InChI=1S/C18H20F4N4O2/c19-14-4-1-2-5-15(14)26-16(18(20,21)22)13(12-24-26)17(27)23-6-3-7-25-8-10-28-11-9-25/h1-2,4-5,12H,3,6-11H2,(H,23,27). The number of ether oxygens (including phenoxy) is 1. The van der Waals surface area contributed by atoms with Crippen LogP contribution in [0, 0.1) is 5.82 Å². The maximum atomic E-state index is 13.9. The largest absolute Gasteiger partial charge is 0.434 e. The first-order valence-electron chi connectivity index (χ1n) is 8.86. The maximum Gasteiger partial charge on any atom is 0.434 e. The van der Waals surface area contributed by atoms with Crippen LogP contribution in [0.3, 0.4) is 0 Å². The Morgan fingerprint density at radius 2 is 1.93 bits per heavy atom. The number of carbonyl (C=O) groups excluding carboxylic acids is 1. The van der Waals surface area contributed by atoms with Gasteiger partial charge < -0.3 is 10.1 Å². The van der Waals surface area contributed by atoms with Gasteiger partial charge in [-0.15, -0.1) is 0 Å². The molecule has 2 heterocycles. The molecule has 1 aromatic carbocycles. The van der Waals surface area contributed by atoms with Crippen molar-refractivity contribution in [3.63, 3.8) is 0 Å². The number of para-hydroxylation sites is 1. The summed E-state index contributed by atoms with van der Waals surface area (Å²) < 4.78 is 60.3. The van der Waals surface area contributed by atoms with Crippen molar-refractivity contribution in [1.82, 2.24) is 20.0 Å². The van der Waals surface area contributed by atoms with E-state index in [4.69, 9.17) is 4.74 Å². The molecule has 0 aliphatic carbocycles. The Balaban J connectivity index is 1.70. The van der Waals surface area contributed by atoms with Gasteiger partial charge in [0.05, 0.1) is 25.0 Å². The van der Waals surface area contributed by atoms with Gasteiger partial charge in [0, 0.05) is 19.6 Å². The molecule has 6 nitrogen and oxygen atoms in total. The number of amides is 1. The quantitative estimate of drug-likeness (QED) is 0.598. The number of rotatable bonds is 6. The highest BCUT2D eigenvalue weighted by molar-refractivity contribution is 5.95. The van der Waals surface area contributed by atoms with E-state index in [0.717, 1.165) is 25.4 Å². The van der Waals surface area contributed by atoms with Crippen LogP contribution in [0.4, 0.5) is 17.6 Å². The van der Waals surface area contributed by atoms with Crippen LogP contribution in [0.5, 0.6) is 0 Å². The number of nitrogens with one attached hydrogen (secondary N) is 1. The fraction of sp³-hybridized carbons (Fsp3) is 0.444. The third kappa shape index (κ3) is 4.68. The molecular formula is C18H20F4N4O2. The molecule has 2 aromatic rings. The number of nitrogens with zero attached hydrogens (tertiary/aromatic N) is 3. The zero-order valence-electron chi connectivity index (χ0n) is 15.0.